The van der Waals surface area contributed by atoms with Crippen LogP contribution in [0.15, 0.2) is 0 Å². The minimum atomic E-state index is -0.158. The van der Waals surface area contributed by atoms with E-state index in [1.807, 2.05) is 13.8 Å². The molecular weight excluding hydrogens is 251 g/mol. The molecule has 0 unspecified atom stereocenters. The number of alkyl halides is 1. The maximum absolute atomic E-state index is 10.6. The first-order valence-corrected chi connectivity index (χ1v) is 5.38. The zero-order valence-electron chi connectivity index (χ0n) is 7.78. The number of hydrogen-bond acceptors (Lipinski definition) is 1. The minimum absolute atomic E-state index is 0.158. The molecule has 1 nitrogen and oxygen atoms in total. The van der Waals surface area contributed by atoms with E-state index in [1.54, 1.807) is 0 Å². The molecule has 0 N–H and O–H groups in total. The van der Waals surface area contributed by atoms with Crippen LogP contribution in [0.5, 0.6) is 0 Å². The van der Waals surface area contributed by atoms with Crippen LogP contribution in [0, 0.1) is 10.8 Å². The van der Waals surface area contributed by atoms with Gasteiger partial charge in [-0.3, -0.25) is 0 Å². The summed E-state index contributed by atoms with van der Waals surface area (Å²) < 4.78 is 1.10. The van der Waals surface area contributed by atoms with Gasteiger partial charge in [0, 0.05) is 9.84 Å². The maximum atomic E-state index is 10.6. The molecule has 0 saturated heterocycles. The van der Waals surface area contributed by atoms with E-state index in [2.05, 4.69) is 36.4 Å². The van der Waals surface area contributed by atoms with E-state index in [0.29, 0.717) is 0 Å². The molecule has 0 aliphatic heterocycles. The third kappa shape index (κ3) is 4.77. The summed E-state index contributed by atoms with van der Waals surface area (Å²) in [5.74, 6) is 0. The molecule has 0 aromatic carbocycles. The Balaban J connectivity index is 4.12. The van der Waals surface area contributed by atoms with Gasteiger partial charge >= 0.3 is 0 Å². The van der Waals surface area contributed by atoms with Crippen molar-refractivity contribution >= 4 is 28.9 Å². The number of aldehydes is 1. The smallest absolute Gasteiger partial charge is 0.125 e. The predicted molar refractivity (Wildman–Crippen MR) is 57.1 cm³/mol. The van der Waals surface area contributed by atoms with Crippen molar-refractivity contribution in [3.8, 4) is 0 Å². The lowest BCUT2D eigenvalue weighted by molar-refractivity contribution is -0.115. The molecular formula is C9H17IO. The quantitative estimate of drug-likeness (QED) is 0.435. The van der Waals surface area contributed by atoms with Crippen molar-refractivity contribution in [2.75, 3.05) is 4.43 Å². The number of hydrogen-bond donors (Lipinski definition) is 0. The van der Waals surface area contributed by atoms with Crippen LogP contribution < -0.4 is 0 Å². The fourth-order valence-electron chi connectivity index (χ4n) is 1.32. The monoisotopic (exact) mass is 268 g/mol. The molecule has 0 aromatic heterocycles. The van der Waals surface area contributed by atoms with Crippen LogP contribution >= 0.6 is 22.6 Å². The summed E-state index contributed by atoms with van der Waals surface area (Å²) in [6.07, 6.45) is 2.02. The Morgan fingerprint density at radius 1 is 1.27 bits per heavy atom. The SMILES string of the molecule is CC(C)(C=O)CC(C)(C)CI. The molecule has 0 aliphatic carbocycles. The van der Waals surface area contributed by atoms with Gasteiger partial charge in [-0.2, -0.15) is 0 Å². The van der Waals surface area contributed by atoms with Crippen molar-refractivity contribution in [2.24, 2.45) is 10.8 Å². The lowest BCUT2D eigenvalue weighted by atomic mass is 9.77. The second-order valence-electron chi connectivity index (χ2n) is 4.58. The number of carbonyl (C=O) groups excluding carboxylic acids is 1. The first-order chi connectivity index (χ1) is 4.83. The second kappa shape index (κ2) is 3.87. The molecule has 0 aromatic rings. The van der Waals surface area contributed by atoms with E-state index in [9.17, 15) is 4.79 Å². The second-order valence-corrected chi connectivity index (χ2v) is 5.34. The Morgan fingerprint density at radius 2 is 1.73 bits per heavy atom. The maximum Gasteiger partial charge on any atom is 0.125 e. The predicted octanol–water partition coefficient (Wildman–Crippen LogP) is 3.06. The lowest BCUT2D eigenvalue weighted by Crippen LogP contribution is -2.25. The fourth-order valence-corrected chi connectivity index (χ4v) is 1.59. The van der Waals surface area contributed by atoms with Gasteiger partial charge in [0.2, 0.25) is 0 Å². The average Bonchev–Trinajstić information content (AvgIpc) is 1.86. The molecule has 0 spiro atoms. The summed E-state index contributed by atoms with van der Waals surface area (Å²) in [6.45, 7) is 8.39. The molecule has 0 heterocycles. The fraction of sp³-hybridized carbons (Fsp3) is 0.889. The topological polar surface area (TPSA) is 17.1 Å². The molecule has 0 fully saturated rings. The van der Waals surface area contributed by atoms with Crippen LogP contribution in [0.3, 0.4) is 0 Å². The Kier molecular flexibility index (Phi) is 4.02. The van der Waals surface area contributed by atoms with E-state index in [0.717, 1.165) is 17.1 Å². The van der Waals surface area contributed by atoms with Crippen LogP contribution in [0.1, 0.15) is 34.1 Å². The summed E-state index contributed by atoms with van der Waals surface area (Å²) in [6, 6.07) is 0. The molecule has 2 heteroatoms. The normalized spacial score (nSPS) is 13.2. The van der Waals surface area contributed by atoms with E-state index in [-0.39, 0.29) is 10.8 Å². The molecule has 0 bridgehead atoms. The zero-order chi connectivity index (χ0) is 9.12. The number of carbonyl (C=O) groups is 1. The van der Waals surface area contributed by atoms with Crippen molar-refractivity contribution in [3.63, 3.8) is 0 Å². The highest BCUT2D eigenvalue weighted by atomic mass is 127. The van der Waals surface area contributed by atoms with Crippen molar-refractivity contribution in [3.05, 3.63) is 0 Å². The highest BCUT2D eigenvalue weighted by Crippen LogP contribution is 2.33. The van der Waals surface area contributed by atoms with E-state index >= 15 is 0 Å². The van der Waals surface area contributed by atoms with Gasteiger partial charge in [-0.25, -0.2) is 0 Å². The van der Waals surface area contributed by atoms with Crippen molar-refractivity contribution in [1.82, 2.24) is 0 Å². The largest absolute Gasteiger partial charge is 0.303 e. The molecule has 0 amide bonds. The summed E-state index contributed by atoms with van der Waals surface area (Å²) >= 11 is 2.37. The van der Waals surface area contributed by atoms with Crippen LogP contribution in [0.2, 0.25) is 0 Å². The molecule has 0 rings (SSSR count). The van der Waals surface area contributed by atoms with Gasteiger partial charge in [-0.15, -0.1) is 0 Å². The summed E-state index contributed by atoms with van der Waals surface area (Å²) in [7, 11) is 0. The van der Waals surface area contributed by atoms with Gasteiger partial charge in [0.25, 0.3) is 0 Å². The third-order valence-electron chi connectivity index (χ3n) is 1.61. The number of rotatable bonds is 4. The van der Waals surface area contributed by atoms with E-state index in [4.69, 9.17) is 0 Å². The Morgan fingerprint density at radius 3 is 2.00 bits per heavy atom. The molecule has 0 atom stereocenters. The Hall–Kier alpha value is 0.400. The van der Waals surface area contributed by atoms with Crippen LogP contribution in [-0.2, 0) is 4.79 Å². The van der Waals surface area contributed by atoms with Crippen molar-refractivity contribution < 1.29 is 4.79 Å². The van der Waals surface area contributed by atoms with Crippen LogP contribution in [0.25, 0.3) is 0 Å². The third-order valence-corrected chi connectivity index (χ3v) is 3.68. The van der Waals surface area contributed by atoms with Gasteiger partial charge in [-0.05, 0) is 11.8 Å². The van der Waals surface area contributed by atoms with E-state index < -0.39 is 0 Å². The molecule has 0 saturated carbocycles. The van der Waals surface area contributed by atoms with Crippen LogP contribution in [0.4, 0.5) is 0 Å². The minimum Gasteiger partial charge on any atom is -0.303 e. The van der Waals surface area contributed by atoms with Crippen molar-refractivity contribution in [2.45, 2.75) is 34.1 Å². The molecule has 0 radical (unpaired) electrons. The molecule has 0 aliphatic rings. The summed E-state index contributed by atoms with van der Waals surface area (Å²) in [5.41, 5.74) is 0.125. The van der Waals surface area contributed by atoms with Gasteiger partial charge in [0.05, 0.1) is 0 Å². The summed E-state index contributed by atoms with van der Waals surface area (Å²) in [4.78, 5) is 10.6. The van der Waals surface area contributed by atoms with Gasteiger partial charge in [-0.1, -0.05) is 50.3 Å². The highest BCUT2D eigenvalue weighted by molar-refractivity contribution is 14.1. The Bertz CT molecular complexity index is 138. The van der Waals surface area contributed by atoms with Crippen molar-refractivity contribution in [1.29, 1.82) is 0 Å². The van der Waals surface area contributed by atoms with Gasteiger partial charge < -0.3 is 4.79 Å². The number of halogens is 1. The lowest BCUT2D eigenvalue weighted by Gasteiger charge is -2.29. The standard InChI is InChI=1S/C9H17IO/c1-8(2,6-10)5-9(3,4)7-11/h7H,5-6H2,1-4H3. The molecule has 66 valence electrons. The van der Waals surface area contributed by atoms with E-state index in [1.165, 1.54) is 0 Å². The average molecular weight is 268 g/mol. The summed E-state index contributed by atoms with van der Waals surface area (Å²) in [5, 5.41) is 0. The Labute approximate surface area is 83.1 Å². The van der Waals surface area contributed by atoms with Crippen LogP contribution in [-0.4, -0.2) is 10.7 Å². The molecule has 11 heavy (non-hydrogen) atoms. The zero-order valence-corrected chi connectivity index (χ0v) is 9.94. The van der Waals surface area contributed by atoms with Gasteiger partial charge in [0.15, 0.2) is 0 Å². The van der Waals surface area contributed by atoms with Gasteiger partial charge in [0.1, 0.15) is 6.29 Å². The first-order valence-electron chi connectivity index (χ1n) is 3.85. The first kappa shape index (κ1) is 11.4. The highest BCUT2D eigenvalue weighted by Gasteiger charge is 2.27.